The van der Waals surface area contributed by atoms with Gasteiger partial charge < -0.3 is 10.1 Å². The standard InChI is InChI=1S/C15H16N2O/c1-16(2)14-10-8-13(9-11-14)12-17(18)15-6-4-3-5-7-15/h3-12H,1-2H3. The monoisotopic (exact) mass is 240 g/mol. The number of rotatable bonds is 3. The van der Waals surface area contributed by atoms with Crippen LogP contribution < -0.4 is 4.90 Å². The summed E-state index contributed by atoms with van der Waals surface area (Å²) in [5.41, 5.74) is 2.64. The van der Waals surface area contributed by atoms with Gasteiger partial charge in [-0.15, -0.1) is 0 Å². The maximum Gasteiger partial charge on any atom is 0.216 e. The summed E-state index contributed by atoms with van der Waals surface area (Å²) < 4.78 is 0.880. The Bertz CT molecular complexity index is 530. The van der Waals surface area contributed by atoms with E-state index in [9.17, 15) is 5.21 Å². The number of nitrogens with zero attached hydrogens (tertiary/aromatic N) is 2. The Balaban J connectivity index is 2.23. The Morgan fingerprint density at radius 1 is 0.944 bits per heavy atom. The van der Waals surface area contributed by atoms with Crippen molar-refractivity contribution in [1.82, 2.24) is 0 Å². The van der Waals surface area contributed by atoms with Crippen molar-refractivity contribution in [1.29, 1.82) is 0 Å². The predicted molar refractivity (Wildman–Crippen MR) is 75.7 cm³/mol. The summed E-state index contributed by atoms with van der Waals surface area (Å²) in [4.78, 5) is 2.02. The fourth-order valence-electron chi connectivity index (χ4n) is 1.64. The van der Waals surface area contributed by atoms with Gasteiger partial charge in [0.05, 0.1) is 0 Å². The summed E-state index contributed by atoms with van der Waals surface area (Å²) >= 11 is 0. The van der Waals surface area contributed by atoms with Gasteiger partial charge >= 0.3 is 0 Å². The number of anilines is 1. The summed E-state index contributed by atoms with van der Waals surface area (Å²) in [6.07, 6.45) is 1.58. The van der Waals surface area contributed by atoms with Crippen molar-refractivity contribution in [3.05, 3.63) is 65.4 Å². The van der Waals surface area contributed by atoms with E-state index in [0.29, 0.717) is 5.69 Å². The molecule has 2 rings (SSSR count). The molecular weight excluding hydrogens is 224 g/mol. The van der Waals surface area contributed by atoms with Crippen molar-refractivity contribution in [3.63, 3.8) is 0 Å². The minimum Gasteiger partial charge on any atom is -0.618 e. The lowest BCUT2D eigenvalue weighted by Crippen LogP contribution is -2.08. The smallest absolute Gasteiger partial charge is 0.216 e. The summed E-state index contributed by atoms with van der Waals surface area (Å²) in [6, 6.07) is 17.0. The van der Waals surface area contributed by atoms with Crippen LogP contribution in [-0.2, 0) is 0 Å². The van der Waals surface area contributed by atoms with E-state index in [2.05, 4.69) is 0 Å². The van der Waals surface area contributed by atoms with Gasteiger partial charge in [-0.2, -0.15) is 4.74 Å². The molecule has 0 spiro atoms. The fraction of sp³-hybridized carbons (Fsp3) is 0.133. The van der Waals surface area contributed by atoms with Gasteiger partial charge in [0.15, 0.2) is 6.21 Å². The maximum absolute atomic E-state index is 11.9. The number of hydrogen-bond acceptors (Lipinski definition) is 2. The molecule has 0 N–H and O–H groups in total. The minimum absolute atomic E-state index is 0.634. The molecule has 0 bridgehead atoms. The molecule has 0 unspecified atom stereocenters. The molecule has 0 saturated carbocycles. The van der Waals surface area contributed by atoms with Crippen LogP contribution in [0.4, 0.5) is 11.4 Å². The van der Waals surface area contributed by atoms with Gasteiger partial charge in [0.2, 0.25) is 5.69 Å². The zero-order valence-electron chi connectivity index (χ0n) is 10.6. The molecule has 0 aliphatic rings. The summed E-state index contributed by atoms with van der Waals surface area (Å²) in [5, 5.41) is 11.9. The van der Waals surface area contributed by atoms with Crippen LogP contribution >= 0.6 is 0 Å². The van der Waals surface area contributed by atoms with Crippen molar-refractivity contribution in [3.8, 4) is 0 Å². The Labute approximate surface area is 107 Å². The topological polar surface area (TPSA) is 29.3 Å². The Hall–Kier alpha value is -2.29. The molecule has 0 saturated heterocycles. The Kier molecular flexibility index (Phi) is 3.63. The van der Waals surface area contributed by atoms with Gasteiger partial charge in [0.1, 0.15) is 0 Å². The summed E-state index contributed by atoms with van der Waals surface area (Å²) in [6.45, 7) is 0. The molecule has 3 nitrogen and oxygen atoms in total. The van der Waals surface area contributed by atoms with Gasteiger partial charge in [-0.25, -0.2) is 0 Å². The highest BCUT2D eigenvalue weighted by atomic mass is 16.5. The Morgan fingerprint density at radius 3 is 2.11 bits per heavy atom. The molecule has 92 valence electrons. The van der Waals surface area contributed by atoms with Crippen LogP contribution in [-0.4, -0.2) is 25.0 Å². The highest BCUT2D eigenvalue weighted by Crippen LogP contribution is 2.13. The molecule has 0 aliphatic carbocycles. The minimum atomic E-state index is 0.634. The summed E-state index contributed by atoms with van der Waals surface area (Å²) in [5.74, 6) is 0. The Morgan fingerprint density at radius 2 is 1.56 bits per heavy atom. The SMILES string of the molecule is CN(C)c1ccc(C=[N+]([O-])c2ccccc2)cc1. The lowest BCUT2D eigenvalue weighted by molar-refractivity contribution is -0.354. The molecule has 18 heavy (non-hydrogen) atoms. The number of benzene rings is 2. The lowest BCUT2D eigenvalue weighted by Gasteiger charge is -2.11. The second-order valence-electron chi connectivity index (χ2n) is 4.28. The average Bonchev–Trinajstić information content (AvgIpc) is 2.40. The number of para-hydroxylation sites is 1. The first kappa shape index (κ1) is 12.2. The van der Waals surface area contributed by atoms with Crippen LogP contribution in [0.3, 0.4) is 0 Å². The van der Waals surface area contributed by atoms with Gasteiger partial charge in [-0.3, -0.25) is 0 Å². The van der Waals surface area contributed by atoms with Gasteiger partial charge in [0.25, 0.3) is 0 Å². The van der Waals surface area contributed by atoms with Crippen LogP contribution in [0.15, 0.2) is 54.6 Å². The van der Waals surface area contributed by atoms with Crippen molar-refractivity contribution in [2.75, 3.05) is 19.0 Å². The molecule has 0 heterocycles. The van der Waals surface area contributed by atoms with E-state index in [1.807, 2.05) is 61.5 Å². The molecule has 0 radical (unpaired) electrons. The average molecular weight is 240 g/mol. The van der Waals surface area contributed by atoms with E-state index < -0.39 is 0 Å². The third-order valence-electron chi connectivity index (χ3n) is 2.69. The largest absolute Gasteiger partial charge is 0.618 e. The normalized spacial score (nSPS) is 11.3. The lowest BCUT2D eigenvalue weighted by atomic mass is 10.2. The van der Waals surface area contributed by atoms with E-state index in [0.717, 1.165) is 16.0 Å². The molecular formula is C15H16N2O. The zero-order chi connectivity index (χ0) is 13.0. The maximum atomic E-state index is 11.9. The van der Waals surface area contributed by atoms with Gasteiger partial charge in [-0.05, 0) is 24.3 Å². The van der Waals surface area contributed by atoms with Crippen molar-refractivity contribution >= 4 is 17.6 Å². The van der Waals surface area contributed by atoms with E-state index in [4.69, 9.17) is 0 Å². The zero-order valence-corrected chi connectivity index (χ0v) is 10.6. The summed E-state index contributed by atoms with van der Waals surface area (Å²) in [7, 11) is 3.98. The van der Waals surface area contributed by atoms with E-state index in [1.165, 1.54) is 0 Å². The fourth-order valence-corrected chi connectivity index (χ4v) is 1.64. The van der Waals surface area contributed by atoms with Crippen LogP contribution in [0.5, 0.6) is 0 Å². The van der Waals surface area contributed by atoms with Crippen LogP contribution in [0.2, 0.25) is 0 Å². The highest BCUT2D eigenvalue weighted by Gasteiger charge is 2.01. The third kappa shape index (κ3) is 2.88. The molecule has 0 aliphatic heterocycles. The van der Waals surface area contributed by atoms with E-state index in [1.54, 1.807) is 18.3 Å². The van der Waals surface area contributed by atoms with Gasteiger partial charge in [-0.1, -0.05) is 18.2 Å². The second kappa shape index (κ2) is 5.36. The van der Waals surface area contributed by atoms with Crippen LogP contribution in [0.1, 0.15) is 5.56 Å². The van der Waals surface area contributed by atoms with Crippen LogP contribution in [0.25, 0.3) is 0 Å². The third-order valence-corrected chi connectivity index (χ3v) is 2.69. The van der Waals surface area contributed by atoms with Gasteiger partial charge in [0, 0.05) is 37.5 Å². The molecule has 0 atom stereocenters. The molecule has 2 aromatic carbocycles. The first-order valence-electron chi connectivity index (χ1n) is 5.80. The van der Waals surface area contributed by atoms with E-state index in [-0.39, 0.29) is 0 Å². The quantitative estimate of drug-likeness (QED) is 0.357. The first-order chi connectivity index (χ1) is 8.66. The molecule has 2 aromatic rings. The van der Waals surface area contributed by atoms with Crippen molar-refractivity contribution < 1.29 is 4.74 Å². The highest BCUT2D eigenvalue weighted by molar-refractivity contribution is 5.77. The van der Waals surface area contributed by atoms with Crippen LogP contribution in [0, 0.1) is 5.21 Å². The van der Waals surface area contributed by atoms with Crippen molar-refractivity contribution in [2.45, 2.75) is 0 Å². The molecule has 0 amide bonds. The molecule has 0 fully saturated rings. The van der Waals surface area contributed by atoms with Crippen molar-refractivity contribution in [2.24, 2.45) is 0 Å². The first-order valence-corrected chi connectivity index (χ1v) is 5.80. The predicted octanol–water partition coefficient (Wildman–Crippen LogP) is 3.01. The molecule has 0 aromatic heterocycles. The second-order valence-corrected chi connectivity index (χ2v) is 4.28. The molecule has 3 heteroatoms. The number of hydrogen-bond donors (Lipinski definition) is 0. The van der Waals surface area contributed by atoms with E-state index >= 15 is 0 Å².